The smallest absolute Gasteiger partial charge is 0.315 e. The Morgan fingerprint density at radius 3 is 2.87 bits per heavy atom. The quantitative estimate of drug-likeness (QED) is 0.755. The van der Waals surface area contributed by atoms with E-state index in [1.165, 1.54) is 25.1 Å². The molecule has 0 bridgehead atoms. The Kier molecular flexibility index (Phi) is 6.25. The molecule has 6 nitrogen and oxygen atoms in total. The number of ether oxygens (including phenoxy) is 1. The van der Waals surface area contributed by atoms with Gasteiger partial charge in [0.25, 0.3) is 5.91 Å². The van der Waals surface area contributed by atoms with Crippen molar-refractivity contribution in [2.45, 2.75) is 12.3 Å². The second kappa shape index (κ2) is 8.40. The summed E-state index contributed by atoms with van der Waals surface area (Å²) in [6.45, 7) is 0.250. The number of thioether (sulfide) groups is 1. The molecule has 1 aromatic heterocycles. The molecular weight excluding hydrogens is 316 g/mol. The van der Waals surface area contributed by atoms with Gasteiger partial charge in [0.1, 0.15) is 12.0 Å². The summed E-state index contributed by atoms with van der Waals surface area (Å²) in [5.74, 6) is 0.997. The minimum atomic E-state index is -0.257. The average Bonchev–Trinajstić information content (AvgIpc) is 3.04. The van der Waals surface area contributed by atoms with Crippen LogP contribution in [-0.4, -0.2) is 24.7 Å². The van der Waals surface area contributed by atoms with E-state index in [9.17, 15) is 9.59 Å². The highest BCUT2D eigenvalue weighted by atomic mass is 32.2. The third-order valence-electron chi connectivity index (χ3n) is 3.02. The SMILES string of the molecule is COC(=O)CSCc1cccc(NC(=O)c2coc(CN)c2)c1. The number of carbonyl (C=O) groups is 2. The maximum absolute atomic E-state index is 12.1. The van der Waals surface area contributed by atoms with Gasteiger partial charge in [0.15, 0.2) is 0 Å². The lowest BCUT2D eigenvalue weighted by Crippen LogP contribution is -2.11. The van der Waals surface area contributed by atoms with E-state index in [4.69, 9.17) is 10.2 Å². The van der Waals surface area contributed by atoms with Gasteiger partial charge in [-0.3, -0.25) is 9.59 Å². The molecule has 7 heteroatoms. The zero-order chi connectivity index (χ0) is 16.7. The van der Waals surface area contributed by atoms with Gasteiger partial charge in [0.05, 0.1) is 25.0 Å². The number of esters is 1. The highest BCUT2D eigenvalue weighted by Crippen LogP contribution is 2.18. The van der Waals surface area contributed by atoms with Gasteiger partial charge in [-0.25, -0.2) is 0 Å². The van der Waals surface area contributed by atoms with Crippen molar-refractivity contribution < 1.29 is 18.7 Å². The number of rotatable bonds is 7. The molecule has 0 aliphatic heterocycles. The summed E-state index contributed by atoms with van der Waals surface area (Å²) in [4.78, 5) is 23.2. The van der Waals surface area contributed by atoms with Crippen LogP contribution in [0, 0.1) is 0 Å². The summed E-state index contributed by atoms with van der Waals surface area (Å²) in [6.07, 6.45) is 1.38. The zero-order valence-electron chi connectivity index (χ0n) is 12.7. The molecule has 23 heavy (non-hydrogen) atoms. The van der Waals surface area contributed by atoms with Crippen LogP contribution in [0.4, 0.5) is 5.69 Å². The summed E-state index contributed by atoms with van der Waals surface area (Å²) in [7, 11) is 1.37. The normalized spacial score (nSPS) is 10.3. The van der Waals surface area contributed by atoms with E-state index in [1.807, 2.05) is 18.2 Å². The predicted octanol–water partition coefficient (Wildman–Crippen LogP) is 2.40. The maximum Gasteiger partial charge on any atom is 0.315 e. The minimum Gasteiger partial charge on any atom is -0.468 e. The van der Waals surface area contributed by atoms with Gasteiger partial charge in [0, 0.05) is 11.4 Å². The van der Waals surface area contributed by atoms with Gasteiger partial charge < -0.3 is 20.2 Å². The first-order chi connectivity index (χ1) is 11.1. The predicted molar refractivity (Wildman–Crippen MR) is 89.2 cm³/mol. The van der Waals surface area contributed by atoms with Crippen LogP contribution in [0.3, 0.4) is 0 Å². The van der Waals surface area contributed by atoms with E-state index in [2.05, 4.69) is 10.1 Å². The highest BCUT2D eigenvalue weighted by Gasteiger charge is 2.10. The van der Waals surface area contributed by atoms with Crippen molar-refractivity contribution in [2.24, 2.45) is 5.73 Å². The van der Waals surface area contributed by atoms with Crippen molar-refractivity contribution in [3.05, 3.63) is 53.5 Å². The summed E-state index contributed by atoms with van der Waals surface area (Å²) >= 11 is 1.45. The fraction of sp³-hybridized carbons (Fsp3) is 0.250. The van der Waals surface area contributed by atoms with E-state index in [-0.39, 0.29) is 18.4 Å². The summed E-state index contributed by atoms with van der Waals surface area (Å²) < 4.78 is 9.74. The molecule has 1 amide bonds. The van der Waals surface area contributed by atoms with Crippen LogP contribution < -0.4 is 11.1 Å². The first kappa shape index (κ1) is 17.1. The monoisotopic (exact) mass is 334 g/mol. The van der Waals surface area contributed by atoms with Gasteiger partial charge in [-0.05, 0) is 23.8 Å². The van der Waals surface area contributed by atoms with Crippen molar-refractivity contribution in [3.63, 3.8) is 0 Å². The van der Waals surface area contributed by atoms with E-state index in [0.717, 1.165) is 5.56 Å². The minimum absolute atomic E-state index is 0.250. The molecule has 0 spiro atoms. The molecule has 0 unspecified atom stereocenters. The number of hydrogen-bond donors (Lipinski definition) is 2. The van der Waals surface area contributed by atoms with Crippen molar-refractivity contribution in [2.75, 3.05) is 18.2 Å². The molecule has 2 rings (SSSR count). The Morgan fingerprint density at radius 2 is 2.17 bits per heavy atom. The Morgan fingerprint density at radius 1 is 1.35 bits per heavy atom. The molecule has 2 aromatic rings. The van der Waals surface area contributed by atoms with Gasteiger partial charge in [-0.15, -0.1) is 11.8 Å². The van der Waals surface area contributed by atoms with Crippen molar-refractivity contribution in [3.8, 4) is 0 Å². The van der Waals surface area contributed by atoms with Gasteiger partial charge in [-0.1, -0.05) is 12.1 Å². The van der Waals surface area contributed by atoms with Crippen LogP contribution >= 0.6 is 11.8 Å². The number of anilines is 1. The van der Waals surface area contributed by atoms with E-state index in [1.54, 1.807) is 12.1 Å². The van der Waals surface area contributed by atoms with Crippen LogP contribution in [0.2, 0.25) is 0 Å². The number of nitrogens with two attached hydrogens (primary N) is 1. The molecule has 0 aliphatic rings. The molecule has 0 saturated carbocycles. The number of amides is 1. The van der Waals surface area contributed by atoms with Crippen LogP contribution in [0.15, 0.2) is 41.0 Å². The van der Waals surface area contributed by atoms with E-state index < -0.39 is 0 Å². The third-order valence-corrected chi connectivity index (χ3v) is 4.00. The number of methoxy groups -OCH3 is 1. The Balaban J connectivity index is 1.93. The maximum atomic E-state index is 12.1. The fourth-order valence-corrected chi connectivity index (χ4v) is 2.66. The summed E-state index contributed by atoms with van der Waals surface area (Å²) in [5.41, 5.74) is 7.57. The number of carbonyl (C=O) groups excluding carboxylic acids is 2. The van der Waals surface area contributed by atoms with Crippen LogP contribution in [0.25, 0.3) is 0 Å². The van der Waals surface area contributed by atoms with Crippen molar-refractivity contribution >= 4 is 29.3 Å². The van der Waals surface area contributed by atoms with Crippen molar-refractivity contribution in [1.82, 2.24) is 0 Å². The molecule has 0 saturated heterocycles. The molecule has 0 fully saturated rings. The van der Waals surface area contributed by atoms with Crippen molar-refractivity contribution in [1.29, 1.82) is 0 Å². The molecule has 1 aromatic carbocycles. The lowest BCUT2D eigenvalue weighted by molar-refractivity contribution is -0.137. The molecule has 0 aliphatic carbocycles. The lowest BCUT2D eigenvalue weighted by atomic mass is 10.2. The molecule has 3 N–H and O–H groups in total. The standard InChI is InChI=1S/C16H18N2O4S/c1-21-15(19)10-23-9-11-3-2-4-13(5-11)18-16(20)12-6-14(7-17)22-8-12/h2-6,8H,7,9-10,17H2,1H3,(H,18,20). The Labute approximate surface area is 138 Å². The van der Waals surface area contributed by atoms with Crippen LogP contribution in [-0.2, 0) is 21.8 Å². The number of hydrogen-bond acceptors (Lipinski definition) is 6. The highest BCUT2D eigenvalue weighted by molar-refractivity contribution is 7.99. The molecule has 1 heterocycles. The second-order valence-electron chi connectivity index (χ2n) is 4.73. The van der Waals surface area contributed by atoms with Crippen LogP contribution in [0.1, 0.15) is 21.7 Å². The Hall–Kier alpha value is -2.25. The average molecular weight is 334 g/mol. The number of nitrogens with one attached hydrogen (secondary N) is 1. The largest absolute Gasteiger partial charge is 0.468 e. The van der Waals surface area contributed by atoms with Crippen LogP contribution in [0.5, 0.6) is 0 Å². The van der Waals surface area contributed by atoms with Gasteiger partial charge in [-0.2, -0.15) is 0 Å². The van der Waals surface area contributed by atoms with Gasteiger partial charge >= 0.3 is 5.97 Å². The third kappa shape index (κ3) is 5.15. The first-order valence-electron chi connectivity index (χ1n) is 6.94. The lowest BCUT2D eigenvalue weighted by Gasteiger charge is -2.06. The molecular formula is C16H18N2O4S. The number of benzene rings is 1. The van der Waals surface area contributed by atoms with E-state index >= 15 is 0 Å². The first-order valence-corrected chi connectivity index (χ1v) is 8.10. The topological polar surface area (TPSA) is 94.6 Å². The molecule has 122 valence electrons. The summed E-state index contributed by atoms with van der Waals surface area (Å²) in [5, 5.41) is 2.81. The fourth-order valence-electron chi connectivity index (χ4n) is 1.86. The van der Waals surface area contributed by atoms with E-state index in [0.29, 0.717) is 28.5 Å². The Bertz CT molecular complexity index is 684. The molecule has 0 radical (unpaired) electrons. The zero-order valence-corrected chi connectivity index (χ0v) is 13.5. The summed E-state index contributed by atoms with van der Waals surface area (Å²) in [6, 6.07) is 9.07. The number of furan rings is 1. The second-order valence-corrected chi connectivity index (χ2v) is 5.71. The molecule has 0 atom stereocenters. The van der Waals surface area contributed by atoms with Gasteiger partial charge in [0.2, 0.25) is 0 Å².